The molecular weight excluding hydrogens is 286 g/mol. The van der Waals surface area contributed by atoms with Gasteiger partial charge < -0.3 is 5.32 Å². The molecule has 0 saturated carbocycles. The van der Waals surface area contributed by atoms with Crippen LogP contribution in [0.3, 0.4) is 0 Å². The van der Waals surface area contributed by atoms with E-state index in [0.29, 0.717) is 16.8 Å². The zero-order chi connectivity index (χ0) is 12.3. The van der Waals surface area contributed by atoms with Crippen molar-refractivity contribution in [3.63, 3.8) is 0 Å². The van der Waals surface area contributed by atoms with Crippen LogP contribution in [0.15, 0.2) is 4.60 Å². The van der Waals surface area contributed by atoms with E-state index < -0.39 is 0 Å². The molecule has 7 heteroatoms. The highest BCUT2D eigenvalue weighted by atomic mass is 79.9. The van der Waals surface area contributed by atoms with E-state index in [9.17, 15) is 4.79 Å². The van der Waals surface area contributed by atoms with Crippen molar-refractivity contribution in [3.8, 4) is 0 Å². The summed E-state index contributed by atoms with van der Waals surface area (Å²) in [4.78, 5) is 14.3. The third kappa shape index (κ3) is 3.11. The molecule has 0 aromatic carbocycles. The summed E-state index contributed by atoms with van der Waals surface area (Å²) in [6.45, 7) is 4.28. The molecule has 94 valence electrons. The van der Waals surface area contributed by atoms with Crippen molar-refractivity contribution in [2.75, 3.05) is 32.7 Å². The smallest absolute Gasteiger partial charge is 0.197 e. The number of hydrogen-bond donors (Lipinski definition) is 1. The molecule has 0 aliphatic carbocycles. The maximum atomic E-state index is 12.1. The van der Waals surface area contributed by atoms with Gasteiger partial charge in [-0.15, -0.1) is 5.10 Å². The fourth-order valence-corrected chi connectivity index (χ4v) is 2.51. The second kappa shape index (κ2) is 5.70. The highest BCUT2D eigenvalue weighted by Crippen LogP contribution is 2.13. The largest absolute Gasteiger partial charge is 0.315 e. The number of aromatic nitrogens is 3. The van der Waals surface area contributed by atoms with Crippen LogP contribution in [-0.4, -0.2) is 58.4 Å². The van der Waals surface area contributed by atoms with Gasteiger partial charge in [-0.25, -0.2) is 4.68 Å². The average Bonchev–Trinajstić information content (AvgIpc) is 2.53. The second-order valence-corrected chi connectivity index (χ2v) is 4.91. The monoisotopic (exact) mass is 301 g/mol. The molecule has 1 aliphatic heterocycles. The molecule has 6 nitrogen and oxygen atoms in total. The van der Waals surface area contributed by atoms with Crippen LogP contribution in [-0.2, 0) is 7.05 Å². The summed E-state index contributed by atoms with van der Waals surface area (Å²) < 4.78 is 2.04. The Bertz CT molecular complexity index is 378. The predicted octanol–water partition coefficient (Wildman–Crippen LogP) is 0.0556. The summed E-state index contributed by atoms with van der Waals surface area (Å²) in [5.41, 5.74) is 0.544. The fourth-order valence-electron chi connectivity index (χ4n) is 1.97. The zero-order valence-electron chi connectivity index (χ0n) is 9.82. The first-order chi connectivity index (χ1) is 8.18. The molecule has 0 amide bonds. The van der Waals surface area contributed by atoms with E-state index in [2.05, 4.69) is 36.5 Å². The molecule has 0 unspecified atom stereocenters. The van der Waals surface area contributed by atoms with Gasteiger partial charge in [0.25, 0.3) is 0 Å². The van der Waals surface area contributed by atoms with Crippen LogP contribution in [0.5, 0.6) is 0 Å². The van der Waals surface area contributed by atoms with Crippen molar-refractivity contribution in [3.05, 3.63) is 10.3 Å². The van der Waals surface area contributed by atoms with Gasteiger partial charge in [0, 0.05) is 20.1 Å². The quantitative estimate of drug-likeness (QED) is 0.800. The standard InChI is InChI=1S/C10H16BrN5O/c1-15-9(10(11)13-14-15)8(17)7-16-5-2-3-12-4-6-16/h12H,2-7H2,1H3. The summed E-state index contributed by atoms with van der Waals surface area (Å²) in [5, 5.41) is 11.0. The van der Waals surface area contributed by atoms with Gasteiger partial charge >= 0.3 is 0 Å². The lowest BCUT2D eigenvalue weighted by Crippen LogP contribution is -2.33. The first-order valence-electron chi connectivity index (χ1n) is 5.70. The van der Waals surface area contributed by atoms with Gasteiger partial charge in [-0.1, -0.05) is 5.21 Å². The van der Waals surface area contributed by atoms with Gasteiger partial charge in [-0.2, -0.15) is 0 Å². The molecule has 0 spiro atoms. The lowest BCUT2D eigenvalue weighted by atomic mass is 10.2. The van der Waals surface area contributed by atoms with Crippen LogP contribution >= 0.6 is 15.9 Å². The maximum Gasteiger partial charge on any atom is 0.197 e. The average molecular weight is 302 g/mol. The van der Waals surface area contributed by atoms with E-state index >= 15 is 0 Å². The molecule has 1 fully saturated rings. The molecular formula is C10H16BrN5O. The second-order valence-electron chi connectivity index (χ2n) is 4.16. The first-order valence-corrected chi connectivity index (χ1v) is 6.49. The van der Waals surface area contributed by atoms with Crippen LogP contribution in [0.25, 0.3) is 0 Å². The minimum atomic E-state index is 0.0614. The molecule has 1 aliphatic rings. The molecule has 0 atom stereocenters. The van der Waals surface area contributed by atoms with Gasteiger partial charge in [0.05, 0.1) is 6.54 Å². The fraction of sp³-hybridized carbons (Fsp3) is 0.700. The number of carbonyl (C=O) groups excluding carboxylic acids is 1. The number of nitrogens with zero attached hydrogens (tertiary/aromatic N) is 4. The molecule has 1 aromatic heterocycles. The minimum absolute atomic E-state index is 0.0614. The number of carbonyl (C=O) groups is 1. The Hall–Kier alpha value is -0.790. The lowest BCUT2D eigenvalue weighted by Gasteiger charge is -2.18. The Morgan fingerprint density at radius 3 is 3.00 bits per heavy atom. The Morgan fingerprint density at radius 1 is 1.47 bits per heavy atom. The number of nitrogens with one attached hydrogen (secondary N) is 1. The molecule has 0 radical (unpaired) electrons. The van der Waals surface area contributed by atoms with Crippen molar-refractivity contribution in [1.29, 1.82) is 0 Å². The van der Waals surface area contributed by atoms with Gasteiger partial charge in [-0.3, -0.25) is 9.69 Å². The van der Waals surface area contributed by atoms with Gasteiger partial charge in [0.1, 0.15) is 5.69 Å². The number of hydrogen-bond acceptors (Lipinski definition) is 5. The topological polar surface area (TPSA) is 63.1 Å². The number of halogens is 1. The highest BCUT2D eigenvalue weighted by Gasteiger charge is 2.20. The number of Topliss-reactive ketones (excluding diaryl/α,β-unsaturated/α-hetero) is 1. The number of rotatable bonds is 3. The Morgan fingerprint density at radius 2 is 2.29 bits per heavy atom. The van der Waals surface area contributed by atoms with E-state index in [4.69, 9.17) is 0 Å². The normalized spacial score (nSPS) is 18.0. The molecule has 1 aromatic rings. The van der Waals surface area contributed by atoms with Gasteiger partial charge in [-0.05, 0) is 35.4 Å². The molecule has 2 heterocycles. The summed E-state index contributed by atoms with van der Waals surface area (Å²) in [5.74, 6) is 0.0614. The molecule has 2 rings (SSSR count). The number of ketones is 1. The van der Waals surface area contributed by atoms with Crippen LogP contribution < -0.4 is 5.32 Å². The Kier molecular flexibility index (Phi) is 4.25. The molecule has 0 bridgehead atoms. The Labute approximate surface area is 108 Å². The maximum absolute atomic E-state index is 12.1. The van der Waals surface area contributed by atoms with E-state index in [1.807, 2.05) is 0 Å². The third-order valence-electron chi connectivity index (χ3n) is 2.85. The van der Waals surface area contributed by atoms with Crippen LogP contribution in [0.4, 0.5) is 0 Å². The zero-order valence-corrected chi connectivity index (χ0v) is 11.4. The lowest BCUT2D eigenvalue weighted by molar-refractivity contribution is 0.0925. The summed E-state index contributed by atoms with van der Waals surface area (Å²) in [6.07, 6.45) is 1.08. The summed E-state index contributed by atoms with van der Waals surface area (Å²) in [6, 6.07) is 0. The van der Waals surface area contributed by atoms with E-state index in [1.165, 1.54) is 4.68 Å². The number of aryl methyl sites for hydroxylation is 1. The van der Waals surface area contributed by atoms with E-state index in [0.717, 1.165) is 32.6 Å². The molecule has 1 N–H and O–H groups in total. The first kappa shape index (κ1) is 12.7. The predicted molar refractivity (Wildman–Crippen MR) is 67.0 cm³/mol. The van der Waals surface area contributed by atoms with Gasteiger partial charge in [0.2, 0.25) is 0 Å². The third-order valence-corrected chi connectivity index (χ3v) is 3.38. The SMILES string of the molecule is Cn1nnc(Br)c1C(=O)CN1CCCNCC1. The van der Waals surface area contributed by atoms with Crippen LogP contribution in [0.2, 0.25) is 0 Å². The summed E-state index contributed by atoms with van der Waals surface area (Å²) >= 11 is 3.25. The Balaban J connectivity index is 2.01. The van der Waals surface area contributed by atoms with Crippen molar-refractivity contribution >= 4 is 21.7 Å². The van der Waals surface area contributed by atoms with Crippen molar-refractivity contribution < 1.29 is 4.79 Å². The molecule has 1 saturated heterocycles. The van der Waals surface area contributed by atoms with Gasteiger partial charge in [0.15, 0.2) is 10.4 Å². The van der Waals surface area contributed by atoms with Crippen molar-refractivity contribution in [2.45, 2.75) is 6.42 Å². The van der Waals surface area contributed by atoms with Crippen molar-refractivity contribution in [1.82, 2.24) is 25.2 Å². The minimum Gasteiger partial charge on any atom is -0.315 e. The van der Waals surface area contributed by atoms with Crippen molar-refractivity contribution in [2.24, 2.45) is 7.05 Å². The summed E-state index contributed by atoms with van der Waals surface area (Å²) in [7, 11) is 1.73. The van der Waals surface area contributed by atoms with Crippen LogP contribution in [0, 0.1) is 0 Å². The molecule has 17 heavy (non-hydrogen) atoms. The van der Waals surface area contributed by atoms with E-state index in [-0.39, 0.29) is 5.78 Å². The van der Waals surface area contributed by atoms with E-state index in [1.54, 1.807) is 7.05 Å². The van der Waals surface area contributed by atoms with Crippen LogP contribution in [0.1, 0.15) is 16.9 Å². The highest BCUT2D eigenvalue weighted by molar-refractivity contribution is 9.10.